The first-order valence-corrected chi connectivity index (χ1v) is 17.0. The summed E-state index contributed by atoms with van der Waals surface area (Å²) in [6.07, 6.45) is 6.78. The first kappa shape index (κ1) is 31.5. The average molecular weight is 617 g/mol. The van der Waals surface area contributed by atoms with Crippen LogP contribution in [0.5, 0.6) is 0 Å². The van der Waals surface area contributed by atoms with Gasteiger partial charge in [-0.2, -0.15) is 0 Å². The minimum absolute atomic E-state index is 0.000341. The molecule has 6 rings (SSSR count). The van der Waals surface area contributed by atoms with Gasteiger partial charge in [-0.25, -0.2) is 14.8 Å². The second-order valence-corrected chi connectivity index (χ2v) is 13.4. The lowest BCUT2D eigenvalue weighted by atomic mass is 10.0. The van der Waals surface area contributed by atoms with Crippen LogP contribution in [0, 0.1) is 31.6 Å². The molecule has 1 aromatic heterocycles. The highest BCUT2D eigenvalue weighted by atomic mass is 16.5. The van der Waals surface area contributed by atoms with Gasteiger partial charge in [0, 0.05) is 45.2 Å². The summed E-state index contributed by atoms with van der Waals surface area (Å²) in [6.45, 7) is 10.9. The number of carbonyl (C=O) groups excluding carboxylic acids is 3. The van der Waals surface area contributed by atoms with Gasteiger partial charge < -0.3 is 24.8 Å². The lowest BCUT2D eigenvalue weighted by Gasteiger charge is -2.26. The third-order valence-electron chi connectivity index (χ3n) is 10.4. The molecule has 2 unspecified atom stereocenters. The molecule has 1 saturated carbocycles. The third kappa shape index (κ3) is 6.86. The fraction of sp³-hybridized carbons (Fsp3) is 0.629. The number of esters is 1. The van der Waals surface area contributed by atoms with Crippen LogP contribution in [0.15, 0.2) is 30.3 Å². The van der Waals surface area contributed by atoms with Crippen molar-refractivity contribution in [3.8, 4) is 0 Å². The molecule has 4 atom stereocenters. The third-order valence-corrected chi connectivity index (χ3v) is 10.4. The Labute approximate surface area is 266 Å². The molecular formula is C35H48N6O4. The van der Waals surface area contributed by atoms with Crippen LogP contribution in [0.25, 0.3) is 0 Å². The number of nitrogens with zero attached hydrogens (tertiary/aromatic N) is 5. The number of nitrogens with one attached hydrogen (secondary N) is 1. The van der Waals surface area contributed by atoms with Crippen molar-refractivity contribution in [2.75, 3.05) is 50.8 Å². The number of likely N-dealkylation sites (tertiary alicyclic amines) is 2. The van der Waals surface area contributed by atoms with E-state index in [1.54, 1.807) is 0 Å². The molecule has 1 aliphatic carbocycles. The quantitative estimate of drug-likeness (QED) is 0.398. The zero-order valence-corrected chi connectivity index (χ0v) is 27.0. The van der Waals surface area contributed by atoms with Crippen molar-refractivity contribution in [3.63, 3.8) is 0 Å². The van der Waals surface area contributed by atoms with Crippen molar-refractivity contribution in [1.29, 1.82) is 0 Å². The lowest BCUT2D eigenvalue weighted by molar-refractivity contribution is -0.144. The molecule has 1 aromatic carbocycles. The molecule has 0 bridgehead atoms. The van der Waals surface area contributed by atoms with Crippen molar-refractivity contribution in [2.24, 2.45) is 17.8 Å². The smallest absolute Gasteiger partial charge is 0.328 e. The van der Waals surface area contributed by atoms with Gasteiger partial charge in [-0.15, -0.1) is 0 Å². The van der Waals surface area contributed by atoms with Gasteiger partial charge in [-0.3, -0.25) is 9.59 Å². The highest BCUT2D eigenvalue weighted by Gasteiger charge is 2.42. The van der Waals surface area contributed by atoms with E-state index in [9.17, 15) is 14.4 Å². The van der Waals surface area contributed by atoms with E-state index in [2.05, 4.69) is 22.3 Å². The van der Waals surface area contributed by atoms with E-state index in [1.165, 1.54) is 5.56 Å². The van der Waals surface area contributed by atoms with Gasteiger partial charge >= 0.3 is 5.97 Å². The molecule has 0 spiro atoms. The summed E-state index contributed by atoms with van der Waals surface area (Å²) in [5.41, 5.74) is 3.05. The summed E-state index contributed by atoms with van der Waals surface area (Å²) in [5.74, 6) is 1.49. The molecule has 10 heteroatoms. The van der Waals surface area contributed by atoms with Crippen LogP contribution < -0.4 is 10.2 Å². The number of carbonyl (C=O) groups is 3. The molecule has 45 heavy (non-hydrogen) atoms. The van der Waals surface area contributed by atoms with Crippen LogP contribution >= 0.6 is 0 Å². The molecule has 4 heterocycles. The molecule has 2 aromatic rings. The van der Waals surface area contributed by atoms with Crippen molar-refractivity contribution < 1.29 is 19.1 Å². The lowest BCUT2D eigenvalue weighted by Crippen LogP contribution is -2.39. The first-order valence-electron chi connectivity index (χ1n) is 17.0. The van der Waals surface area contributed by atoms with Crippen molar-refractivity contribution >= 4 is 23.7 Å². The van der Waals surface area contributed by atoms with Gasteiger partial charge in [0.2, 0.25) is 11.9 Å². The van der Waals surface area contributed by atoms with Crippen LogP contribution in [0.3, 0.4) is 0 Å². The number of hydrogen-bond acceptors (Lipinski definition) is 8. The van der Waals surface area contributed by atoms with E-state index in [-0.39, 0.29) is 35.8 Å². The van der Waals surface area contributed by atoms with E-state index in [4.69, 9.17) is 14.7 Å². The summed E-state index contributed by atoms with van der Waals surface area (Å²) >= 11 is 0. The van der Waals surface area contributed by atoms with Gasteiger partial charge in [0.05, 0.1) is 29.6 Å². The van der Waals surface area contributed by atoms with E-state index < -0.39 is 0 Å². The van der Waals surface area contributed by atoms with Crippen molar-refractivity contribution in [2.45, 2.75) is 77.8 Å². The fourth-order valence-electron chi connectivity index (χ4n) is 8.02. The molecule has 0 radical (unpaired) electrons. The second-order valence-electron chi connectivity index (χ2n) is 13.4. The predicted molar refractivity (Wildman–Crippen MR) is 172 cm³/mol. The number of hydrogen-bond donors (Lipinski definition) is 1. The maximum absolute atomic E-state index is 13.8. The van der Waals surface area contributed by atoms with Gasteiger partial charge in [0.25, 0.3) is 5.91 Å². The van der Waals surface area contributed by atoms with E-state index in [1.807, 2.05) is 48.8 Å². The van der Waals surface area contributed by atoms with Gasteiger partial charge in [0.15, 0.2) is 0 Å². The fourth-order valence-corrected chi connectivity index (χ4v) is 8.02. The van der Waals surface area contributed by atoms with Crippen LogP contribution in [0.1, 0.15) is 85.2 Å². The maximum atomic E-state index is 13.8. The molecule has 242 valence electrons. The number of anilines is 1. The van der Waals surface area contributed by atoms with Crippen molar-refractivity contribution in [3.05, 3.63) is 52.8 Å². The van der Waals surface area contributed by atoms with E-state index in [0.717, 1.165) is 77.7 Å². The maximum Gasteiger partial charge on any atom is 0.328 e. The highest BCUT2D eigenvalue weighted by molar-refractivity contribution is 5.96. The van der Waals surface area contributed by atoms with Gasteiger partial charge in [0.1, 0.15) is 6.04 Å². The number of aryl methyl sites for hydroxylation is 2. The first-order chi connectivity index (χ1) is 21.8. The standard InChI is InChI=1S/C35H48N6O4/c1-4-45-34(44)30-15-10-17-41(30)35-36-23(2)31(24(3)37-35)33(43)40-21-27-19-39(20-28(27)22-40)18-16-29(25-11-6-5-7-12-25)38-32(42)26-13-8-9-14-26/h5-7,11-12,26-30H,4,8-10,13-22H2,1-3H3,(H,38,42)/t27?,28?,29-,30-/m0/s1. The minimum Gasteiger partial charge on any atom is -0.464 e. The largest absolute Gasteiger partial charge is 0.464 e. The Hall–Kier alpha value is -3.53. The van der Waals surface area contributed by atoms with Crippen LogP contribution in [-0.4, -0.2) is 89.5 Å². The molecule has 4 aliphatic rings. The van der Waals surface area contributed by atoms with Crippen LogP contribution in [0.2, 0.25) is 0 Å². The topological polar surface area (TPSA) is 108 Å². The average Bonchev–Trinajstić information content (AvgIpc) is 3.84. The molecule has 3 saturated heterocycles. The Morgan fingerprint density at radius 2 is 1.60 bits per heavy atom. The highest BCUT2D eigenvalue weighted by Crippen LogP contribution is 2.34. The molecule has 10 nitrogen and oxygen atoms in total. The number of fused-ring (bicyclic) bond motifs is 1. The normalized spacial score (nSPS) is 24.2. The Morgan fingerprint density at radius 3 is 2.24 bits per heavy atom. The van der Waals surface area contributed by atoms with Gasteiger partial charge in [-0.05, 0) is 70.3 Å². The summed E-state index contributed by atoms with van der Waals surface area (Å²) < 4.78 is 5.28. The number of ether oxygens (including phenoxy) is 1. The van der Waals surface area contributed by atoms with Crippen LogP contribution in [0.4, 0.5) is 5.95 Å². The Kier molecular flexibility index (Phi) is 9.68. The predicted octanol–water partition coefficient (Wildman–Crippen LogP) is 4.07. The monoisotopic (exact) mass is 616 g/mol. The molecule has 2 amide bonds. The van der Waals surface area contributed by atoms with Crippen LogP contribution in [-0.2, 0) is 14.3 Å². The zero-order valence-electron chi connectivity index (χ0n) is 27.0. The molecule has 1 N–H and O–H groups in total. The van der Waals surface area contributed by atoms with E-state index >= 15 is 0 Å². The second kappa shape index (κ2) is 13.8. The number of benzene rings is 1. The minimum atomic E-state index is -0.377. The van der Waals surface area contributed by atoms with E-state index in [0.29, 0.717) is 47.9 Å². The molecular weight excluding hydrogens is 568 g/mol. The number of rotatable bonds is 10. The number of amides is 2. The zero-order chi connectivity index (χ0) is 31.5. The number of aromatic nitrogens is 2. The summed E-state index contributed by atoms with van der Waals surface area (Å²) in [7, 11) is 0. The SMILES string of the molecule is CCOC(=O)[C@@H]1CCCN1c1nc(C)c(C(=O)N2CC3CN(CC[C@H](NC(=O)C4CCCC4)c4ccccc4)CC3C2)c(C)n1. The Balaban J connectivity index is 1.05. The summed E-state index contributed by atoms with van der Waals surface area (Å²) in [6, 6.07) is 9.98. The Morgan fingerprint density at radius 1 is 0.933 bits per heavy atom. The Bertz CT molecular complexity index is 1340. The summed E-state index contributed by atoms with van der Waals surface area (Å²) in [4.78, 5) is 55.1. The summed E-state index contributed by atoms with van der Waals surface area (Å²) in [5, 5.41) is 3.38. The van der Waals surface area contributed by atoms with Crippen molar-refractivity contribution in [1.82, 2.24) is 25.1 Å². The molecule has 4 fully saturated rings. The molecule has 3 aliphatic heterocycles. The van der Waals surface area contributed by atoms with Gasteiger partial charge in [-0.1, -0.05) is 43.2 Å².